The number of amides is 1. The number of benzene rings is 1. The minimum absolute atomic E-state index is 0.153. The van der Waals surface area contributed by atoms with Gasteiger partial charge in [0.15, 0.2) is 6.10 Å². The summed E-state index contributed by atoms with van der Waals surface area (Å²) in [5.74, 6) is -3.58. The molecule has 1 fully saturated rings. The SMILES string of the molecule is COC(CNC(=O)C1CC1c1ccc(F)cc1F)C(=O)O. The van der Waals surface area contributed by atoms with E-state index in [-0.39, 0.29) is 18.4 Å². The number of aliphatic carboxylic acids is 1. The number of ether oxygens (including phenoxy) is 1. The van der Waals surface area contributed by atoms with E-state index in [2.05, 4.69) is 5.32 Å². The summed E-state index contributed by atoms with van der Waals surface area (Å²) in [5.41, 5.74) is 0.304. The highest BCUT2D eigenvalue weighted by Gasteiger charge is 2.45. The fraction of sp³-hybridized carbons (Fsp3) is 0.429. The monoisotopic (exact) mass is 299 g/mol. The number of hydrogen-bond acceptors (Lipinski definition) is 3. The normalized spacial score (nSPS) is 21.7. The van der Waals surface area contributed by atoms with E-state index in [0.29, 0.717) is 12.0 Å². The molecule has 1 amide bonds. The summed E-state index contributed by atoms with van der Waals surface area (Å²) in [4.78, 5) is 22.6. The van der Waals surface area contributed by atoms with Gasteiger partial charge in [0.2, 0.25) is 5.91 Å². The van der Waals surface area contributed by atoms with Gasteiger partial charge in [0, 0.05) is 19.1 Å². The summed E-state index contributed by atoms with van der Waals surface area (Å²) in [6.07, 6.45) is -0.659. The molecule has 7 heteroatoms. The zero-order valence-electron chi connectivity index (χ0n) is 11.3. The summed E-state index contributed by atoms with van der Waals surface area (Å²) in [7, 11) is 1.23. The van der Waals surface area contributed by atoms with Crippen LogP contribution in [0.15, 0.2) is 18.2 Å². The molecule has 0 bridgehead atoms. The van der Waals surface area contributed by atoms with Gasteiger partial charge in [-0.05, 0) is 24.0 Å². The highest BCUT2D eigenvalue weighted by atomic mass is 19.1. The van der Waals surface area contributed by atoms with E-state index in [1.165, 1.54) is 13.2 Å². The number of hydrogen-bond donors (Lipinski definition) is 2. The Hall–Kier alpha value is -2.02. The van der Waals surface area contributed by atoms with Crippen molar-refractivity contribution in [1.82, 2.24) is 5.32 Å². The van der Waals surface area contributed by atoms with Crippen molar-refractivity contribution in [3.8, 4) is 0 Å². The van der Waals surface area contributed by atoms with E-state index < -0.39 is 29.6 Å². The van der Waals surface area contributed by atoms with Crippen LogP contribution < -0.4 is 5.32 Å². The third-order valence-electron chi connectivity index (χ3n) is 3.51. The summed E-state index contributed by atoms with van der Waals surface area (Å²) in [5, 5.41) is 11.2. The molecule has 1 aromatic rings. The van der Waals surface area contributed by atoms with Gasteiger partial charge < -0.3 is 15.2 Å². The van der Waals surface area contributed by atoms with Crippen LogP contribution >= 0.6 is 0 Å². The molecule has 5 nitrogen and oxygen atoms in total. The topological polar surface area (TPSA) is 75.6 Å². The van der Waals surface area contributed by atoms with E-state index in [4.69, 9.17) is 9.84 Å². The van der Waals surface area contributed by atoms with Crippen molar-refractivity contribution in [2.45, 2.75) is 18.4 Å². The zero-order chi connectivity index (χ0) is 15.6. The van der Waals surface area contributed by atoms with Crippen LogP contribution in [0.4, 0.5) is 8.78 Å². The standard InChI is InChI=1S/C14H15F2NO4/c1-21-12(14(19)20)6-17-13(18)10-5-9(10)8-3-2-7(15)4-11(8)16/h2-4,9-10,12H,5-6H2,1H3,(H,17,18)(H,19,20). The average molecular weight is 299 g/mol. The van der Waals surface area contributed by atoms with E-state index in [1.54, 1.807) is 0 Å². The van der Waals surface area contributed by atoms with Crippen molar-refractivity contribution in [3.05, 3.63) is 35.4 Å². The Morgan fingerprint density at radius 2 is 2.19 bits per heavy atom. The lowest BCUT2D eigenvalue weighted by Crippen LogP contribution is -2.38. The van der Waals surface area contributed by atoms with Crippen LogP contribution in [-0.2, 0) is 14.3 Å². The Kier molecular flexibility index (Phi) is 4.52. The summed E-state index contributed by atoms with van der Waals surface area (Å²) in [6.45, 7) is -0.153. The molecule has 114 valence electrons. The fourth-order valence-corrected chi connectivity index (χ4v) is 2.23. The van der Waals surface area contributed by atoms with E-state index in [9.17, 15) is 18.4 Å². The number of carbonyl (C=O) groups is 2. The molecule has 1 aliphatic rings. The van der Waals surface area contributed by atoms with Crippen molar-refractivity contribution >= 4 is 11.9 Å². The van der Waals surface area contributed by atoms with E-state index >= 15 is 0 Å². The molecule has 1 saturated carbocycles. The van der Waals surface area contributed by atoms with Gasteiger partial charge >= 0.3 is 5.97 Å². The Morgan fingerprint density at radius 1 is 1.48 bits per heavy atom. The minimum Gasteiger partial charge on any atom is -0.479 e. The molecular weight excluding hydrogens is 284 g/mol. The number of rotatable bonds is 6. The van der Waals surface area contributed by atoms with Crippen LogP contribution in [0.2, 0.25) is 0 Å². The maximum atomic E-state index is 13.6. The van der Waals surface area contributed by atoms with E-state index in [0.717, 1.165) is 12.1 Å². The van der Waals surface area contributed by atoms with Crippen LogP contribution in [0.1, 0.15) is 17.9 Å². The molecule has 1 aliphatic carbocycles. The summed E-state index contributed by atoms with van der Waals surface area (Å²) < 4.78 is 31.1. The highest BCUT2D eigenvalue weighted by Crippen LogP contribution is 2.48. The number of methoxy groups -OCH3 is 1. The average Bonchev–Trinajstić information content (AvgIpc) is 3.19. The van der Waals surface area contributed by atoms with Gasteiger partial charge in [-0.1, -0.05) is 6.07 Å². The Morgan fingerprint density at radius 3 is 2.76 bits per heavy atom. The van der Waals surface area contributed by atoms with Crippen LogP contribution in [0, 0.1) is 17.6 Å². The molecule has 0 radical (unpaired) electrons. The molecule has 2 N–H and O–H groups in total. The maximum absolute atomic E-state index is 13.6. The third kappa shape index (κ3) is 3.55. The zero-order valence-corrected chi connectivity index (χ0v) is 11.3. The first-order valence-electron chi connectivity index (χ1n) is 6.42. The van der Waals surface area contributed by atoms with Crippen molar-refractivity contribution in [1.29, 1.82) is 0 Å². The maximum Gasteiger partial charge on any atom is 0.334 e. The lowest BCUT2D eigenvalue weighted by atomic mass is 10.1. The molecule has 0 spiro atoms. The smallest absolute Gasteiger partial charge is 0.334 e. The fourth-order valence-electron chi connectivity index (χ4n) is 2.23. The molecule has 0 saturated heterocycles. The van der Waals surface area contributed by atoms with Gasteiger partial charge in [0.05, 0.1) is 6.54 Å². The van der Waals surface area contributed by atoms with Gasteiger partial charge in [-0.2, -0.15) is 0 Å². The largest absolute Gasteiger partial charge is 0.479 e. The van der Waals surface area contributed by atoms with Crippen molar-refractivity contribution < 1.29 is 28.2 Å². The van der Waals surface area contributed by atoms with Crippen LogP contribution in [0.25, 0.3) is 0 Å². The van der Waals surface area contributed by atoms with Gasteiger partial charge in [-0.15, -0.1) is 0 Å². The van der Waals surface area contributed by atoms with Crippen LogP contribution in [-0.4, -0.2) is 36.7 Å². The van der Waals surface area contributed by atoms with Gasteiger partial charge in [-0.3, -0.25) is 4.79 Å². The van der Waals surface area contributed by atoms with Crippen molar-refractivity contribution in [2.75, 3.05) is 13.7 Å². The number of carboxylic acid groups (broad SMARTS) is 1. The van der Waals surface area contributed by atoms with Crippen molar-refractivity contribution in [3.63, 3.8) is 0 Å². The Bertz CT molecular complexity index is 564. The highest BCUT2D eigenvalue weighted by molar-refractivity contribution is 5.83. The number of halogens is 2. The molecule has 3 unspecified atom stereocenters. The molecule has 0 heterocycles. The first kappa shape index (κ1) is 15.4. The Balaban J connectivity index is 1.90. The molecule has 0 aromatic heterocycles. The molecule has 1 aromatic carbocycles. The van der Waals surface area contributed by atoms with Crippen LogP contribution in [0.3, 0.4) is 0 Å². The number of carbonyl (C=O) groups excluding carboxylic acids is 1. The van der Waals surface area contributed by atoms with E-state index in [1.807, 2.05) is 0 Å². The molecule has 0 aliphatic heterocycles. The quantitative estimate of drug-likeness (QED) is 0.830. The first-order chi connectivity index (χ1) is 9.93. The second-order valence-corrected chi connectivity index (χ2v) is 4.92. The van der Waals surface area contributed by atoms with Gasteiger partial charge in [0.25, 0.3) is 0 Å². The lowest BCUT2D eigenvalue weighted by molar-refractivity contribution is -0.148. The predicted octanol–water partition coefficient (Wildman–Crippen LogP) is 1.28. The molecule has 2 rings (SSSR count). The summed E-state index contributed by atoms with van der Waals surface area (Å²) >= 11 is 0. The second kappa shape index (κ2) is 6.17. The first-order valence-corrected chi connectivity index (χ1v) is 6.42. The Labute approximate surface area is 119 Å². The molecule has 3 atom stereocenters. The lowest BCUT2D eigenvalue weighted by Gasteiger charge is -2.11. The predicted molar refractivity (Wildman–Crippen MR) is 68.6 cm³/mol. The molecular formula is C14H15F2NO4. The minimum atomic E-state index is -1.17. The van der Waals surface area contributed by atoms with Crippen molar-refractivity contribution in [2.24, 2.45) is 5.92 Å². The molecule has 21 heavy (non-hydrogen) atoms. The van der Waals surface area contributed by atoms with Crippen LogP contribution in [0.5, 0.6) is 0 Å². The number of nitrogens with one attached hydrogen (secondary N) is 1. The number of carboxylic acids is 1. The van der Waals surface area contributed by atoms with Gasteiger partial charge in [-0.25, -0.2) is 13.6 Å². The second-order valence-electron chi connectivity index (χ2n) is 4.92. The van der Waals surface area contributed by atoms with Gasteiger partial charge in [0.1, 0.15) is 11.6 Å². The third-order valence-corrected chi connectivity index (χ3v) is 3.51. The summed E-state index contributed by atoms with van der Waals surface area (Å²) in [6, 6.07) is 3.27.